The highest BCUT2D eigenvalue weighted by atomic mass is 19.4. The fraction of sp³-hybridized carbons (Fsp3) is 0.429. The number of nitrogens with two attached hydrogens (primary N) is 1. The van der Waals surface area contributed by atoms with Gasteiger partial charge in [-0.05, 0) is 42.7 Å². The summed E-state index contributed by atoms with van der Waals surface area (Å²) < 4.78 is 90.3. The van der Waals surface area contributed by atoms with E-state index in [1.54, 1.807) is 12.1 Å². The average molecular weight is 433 g/mol. The molecule has 9 heteroatoms. The second-order valence-corrected chi connectivity index (χ2v) is 7.25. The van der Waals surface area contributed by atoms with Crippen LogP contribution in [0.25, 0.3) is 0 Å². The summed E-state index contributed by atoms with van der Waals surface area (Å²) in [4.78, 5) is 0. The highest BCUT2D eigenvalue weighted by Crippen LogP contribution is 2.39. The topological polar surface area (TPSA) is 44.5 Å². The Labute approximate surface area is 169 Å². The second-order valence-electron chi connectivity index (χ2n) is 7.25. The van der Waals surface area contributed by atoms with Crippen LogP contribution >= 0.6 is 0 Å². The van der Waals surface area contributed by atoms with Crippen molar-refractivity contribution in [2.24, 2.45) is 5.73 Å². The lowest BCUT2D eigenvalue weighted by atomic mass is 9.88. The average Bonchev–Trinajstić information content (AvgIpc) is 2.67. The van der Waals surface area contributed by atoms with Gasteiger partial charge in [-0.3, -0.25) is 0 Å². The van der Waals surface area contributed by atoms with Crippen LogP contribution < -0.4 is 5.73 Å². The molecule has 0 radical (unpaired) electrons. The van der Waals surface area contributed by atoms with Crippen LogP contribution in [0.1, 0.15) is 47.6 Å². The first-order valence-electron chi connectivity index (χ1n) is 9.34. The highest BCUT2D eigenvalue weighted by Gasteiger charge is 2.39. The van der Waals surface area contributed by atoms with Crippen LogP contribution in [0, 0.1) is 0 Å². The Kier molecular flexibility index (Phi) is 6.45. The largest absolute Gasteiger partial charge is 0.416 e. The van der Waals surface area contributed by atoms with Crippen molar-refractivity contribution in [2.45, 2.75) is 50.1 Å². The van der Waals surface area contributed by atoms with E-state index in [1.165, 1.54) is 6.92 Å². The number of hydrogen-bond acceptors (Lipinski definition) is 3. The van der Waals surface area contributed by atoms with E-state index < -0.39 is 41.8 Å². The molecule has 164 valence electrons. The molecule has 1 aliphatic heterocycles. The Morgan fingerprint density at radius 2 is 1.53 bits per heavy atom. The number of halogens is 6. The van der Waals surface area contributed by atoms with Gasteiger partial charge in [0.25, 0.3) is 0 Å². The molecule has 4 atom stereocenters. The van der Waals surface area contributed by atoms with Gasteiger partial charge in [0.15, 0.2) is 6.29 Å². The lowest BCUT2D eigenvalue weighted by Crippen LogP contribution is -2.44. The van der Waals surface area contributed by atoms with Gasteiger partial charge in [0.2, 0.25) is 0 Å². The first kappa shape index (κ1) is 22.6. The van der Waals surface area contributed by atoms with E-state index in [4.69, 9.17) is 15.2 Å². The van der Waals surface area contributed by atoms with Gasteiger partial charge >= 0.3 is 12.4 Å². The molecule has 1 saturated heterocycles. The third kappa shape index (κ3) is 5.14. The summed E-state index contributed by atoms with van der Waals surface area (Å²) in [6, 6.07) is 10.2. The van der Waals surface area contributed by atoms with Crippen molar-refractivity contribution in [3.63, 3.8) is 0 Å². The molecule has 0 saturated carbocycles. The first-order chi connectivity index (χ1) is 14.0. The van der Waals surface area contributed by atoms with Crippen LogP contribution in [-0.4, -0.2) is 18.9 Å². The Balaban J connectivity index is 1.91. The maximum absolute atomic E-state index is 13.1. The van der Waals surface area contributed by atoms with Crippen molar-refractivity contribution in [1.29, 1.82) is 0 Å². The molecule has 0 spiro atoms. The maximum Gasteiger partial charge on any atom is 0.416 e. The summed E-state index contributed by atoms with van der Waals surface area (Å²) in [6.45, 7) is 1.67. The van der Waals surface area contributed by atoms with E-state index in [-0.39, 0.29) is 24.3 Å². The zero-order valence-electron chi connectivity index (χ0n) is 16.0. The minimum absolute atomic E-state index is 0.0933. The van der Waals surface area contributed by atoms with Gasteiger partial charge in [-0.2, -0.15) is 26.3 Å². The molecule has 1 fully saturated rings. The molecule has 1 heterocycles. The Bertz CT molecular complexity index is 821. The van der Waals surface area contributed by atoms with Gasteiger partial charge in [-0.15, -0.1) is 0 Å². The molecule has 3 rings (SSSR count). The standard InChI is InChI=1S/C21H21F6NO2/c1-12(14-9-15(20(22,23)24)11-16(10-14)21(25,26)27)30-19-18(17(28)7-8-29-19)13-5-3-2-4-6-13/h2-6,9-12,17-19H,7-8,28H2,1H3/t12?,17-,18-,19-/m1/s1. The van der Waals surface area contributed by atoms with E-state index in [0.29, 0.717) is 18.6 Å². The molecule has 3 nitrogen and oxygen atoms in total. The van der Waals surface area contributed by atoms with Gasteiger partial charge in [0.05, 0.1) is 29.8 Å². The van der Waals surface area contributed by atoms with E-state index in [2.05, 4.69) is 0 Å². The van der Waals surface area contributed by atoms with E-state index >= 15 is 0 Å². The Hall–Kier alpha value is -2.10. The molecule has 30 heavy (non-hydrogen) atoms. The highest BCUT2D eigenvalue weighted by molar-refractivity contribution is 5.34. The minimum Gasteiger partial charge on any atom is -0.352 e. The van der Waals surface area contributed by atoms with Gasteiger partial charge < -0.3 is 15.2 Å². The molecule has 0 aromatic heterocycles. The van der Waals surface area contributed by atoms with Crippen molar-refractivity contribution < 1.29 is 35.8 Å². The van der Waals surface area contributed by atoms with Crippen molar-refractivity contribution in [3.05, 3.63) is 70.8 Å². The summed E-state index contributed by atoms with van der Waals surface area (Å²) in [5.41, 5.74) is 4.03. The van der Waals surface area contributed by atoms with Gasteiger partial charge in [-0.25, -0.2) is 0 Å². The van der Waals surface area contributed by atoms with Crippen LogP contribution in [0.5, 0.6) is 0 Å². The molecule has 2 N–H and O–H groups in total. The minimum atomic E-state index is -4.92. The van der Waals surface area contributed by atoms with Gasteiger partial charge in [-0.1, -0.05) is 30.3 Å². The lowest BCUT2D eigenvalue weighted by molar-refractivity contribution is -0.200. The van der Waals surface area contributed by atoms with Crippen LogP contribution in [0.3, 0.4) is 0 Å². The number of alkyl halides is 6. The number of benzene rings is 2. The Morgan fingerprint density at radius 1 is 0.967 bits per heavy atom. The summed E-state index contributed by atoms with van der Waals surface area (Å²) in [6.07, 6.45) is -11.3. The predicted octanol–water partition coefficient (Wildman–Crippen LogP) is 5.66. The van der Waals surface area contributed by atoms with Gasteiger partial charge in [0.1, 0.15) is 0 Å². The third-order valence-electron chi connectivity index (χ3n) is 5.09. The van der Waals surface area contributed by atoms with Crippen LogP contribution in [0.2, 0.25) is 0 Å². The molecule has 2 aromatic rings. The third-order valence-corrected chi connectivity index (χ3v) is 5.09. The first-order valence-corrected chi connectivity index (χ1v) is 9.34. The second kappa shape index (κ2) is 8.56. The van der Waals surface area contributed by atoms with Crippen molar-refractivity contribution in [1.82, 2.24) is 0 Å². The molecule has 2 aromatic carbocycles. The molecule has 0 bridgehead atoms. The van der Waals surface area contributed by atoms with Crippen LogP contribution in [-0.2, 0) is 21.8 Å². The number of ether oxygens (including phenoxy) is 2. The predicted molar refractivity (Wildman–Crippen MR) is 97.5 cm³/mol. The summed E-state index contributed by atoms with van der Waals surface area (Å²) in [5, 5.41) is 0. The molecule has 1 unspecified atom stereocenters. The quantitative estimate of drug-likeness (QED) is 0.633. The van der Waals surface area contributed by atoms with E-state index in [9.17, 15) is 26.3 Å². The Morgan fingerprint density at radius 3 is 2.07 bits per heavy atom. The normalized spacial score (nSPS) is 23.9. The van der Waals surface area contributed by atoms with Gasteiger partial charge in [0, 0.05) is 6.04 Å². The van der Waals surface area contributed by atoms with E-state index in [1.807, 2.05) is 18.2 Å². The van der Waals surface area contributed by atoms with Crippen molar-refractivity contribution in [2.75, 3.05) is 6.61 Å². The molecule has 0 aliphatic carbocycles. The summed E-state index contributed by atoms with van der Waals surface area (Å²) in [5.74, 6) is -0.407. The van der Waals surface area contributed by atoms with Crippen molar-refractivity contribution >= 4 is 0 Å². The van der Waals surface area contributed by atoms with Crippen LogP contribution in [0.4, 0.5) is 26.3 Å². The molecule has 1 aliphatic rings. The number of rotatable bonds is 4. The molecular weight excluding hydrogens is 412 g/mol. The zero-order chi connectivity index (χ0) is 22.1. The molecule has 0 amide bonds. The summed E-state index contributed by atoms with van der Waals surface area (Å²) >= 11 is 0. The summed E-state index contributed by atoms with van der Waals surface area (Å²) in [7, 11) is 0. The maximum atomic E-state index is 13.1. The fourth-order valence-corrected chi connectivity index (χ4v) is 3.50. The number of hydrogen-bond donors (Lipinski definition) is 1. The fourth-order valence-electron chi connectivity index (χ4n) is 3.50. The van der Waals surface area contributed by atoms with Crippen LogP contribution in [0.15, 0.2) is 48.5 Å². The zero-order valence-corrected chi connectivity index (χ0v) is 16.0. The van der Waals surface area contributed by atoms with Crippen molar-refractivity contribution in [3.8, 4) is 0 Å². The SMILES string of the molecule is CC(O[C@H]1OCC[C@@H](N)[C@H]1c1ccccc1)c1cc(C(F)(F)F)cc(C(F)(F)F)c1. The smallest absolute Gasteiger partial charge is 0.352 e. The van der Waals surface area contributed by atoms with E-state index in [0.717, 1.165) is 5.56 Å². The monoisotopic (exact) mass is 433 g/mol. The molecular formula is C21H21F6NO2. The lowest BCUT2D eigenvalue weighted by Gasteiger charge is -2.37.